The average molecular weight is 335 g/mol. The van der Waals surface area contributed by atoms with E-state index in [9.17, 15) is 9.59 Å². The second kappa shape index (κ2) is 7.48. The number of carbonyl (C=O) groups excluding carboxylic acids is 2. The van der Waals surface area contributed by atoms with Gasteiger partial charge in [0, 0.05) is 24.6 Å². The van der Waals surface area contributed by atoms with Gasteiger partial charge >= 0.3 is 0 Å². The quantitative estimate of drug-likeness (QED) is 0.675. The minimum atomic E-state index is -0.313. The van der Waals surface area contributed by atoms with E-state index in [1.807, 2.05) is 25.1 Å². The summed E-state index contributed by atoms with van der Waals surface area (Å²) in [5.74, 6) is 0.242. The van der Waals surface area contributed by atoms with Crippen LogP contribution >= 0.6 is 0 Å². The number of benzene rings is 1. The standard InChI is InChI=1S/C18H17N5O2/c1-12-5-7-13(8-6-12)15(24)9-10-16(25)20-18-21-17(22-23-18)14-4-2-3-11-19-14/h2-8,11H,9-10H2,1H3,(H2,20,21,22,23,25). The van der Waals surface area contributed by atoms with E-state index in [2.05, 4.69) is 25.5 Å². The highest BCUT2D eigenvalue weighted by Crippen LogP contribution is 2.13. The lowest BCUT2D eigenvalue weighted by Gasteiger charge is -2.02. The Balaban J connectivity index is 1.54. The van der Waals surface area contributed by atoms with Crippen LogP contribution in [0.5, 0.6) is 0 Å². The Labute approximate surface area is 144 Å². The molecule has 7 heteroatoms. The third-order valence-corrected chi connectivity index (χ3v) is 3.60. The lowest BCUT2D eigenvalue weighted by molar-refractivity contribution is -0.116. The second-order valence-corrected chi connectivity index (χ2v) is 5.56. The fourth-order valence-corrected chi connectivity index (χ4v) is 2.23. The molecule has 2 aromatic heterocycles. The van der Waals surface area contributed by atoms with Crippen molar-refractivity contribution in [1.29, 1.82) is 0 Å². The molecule has 126 valence electrons. The van der Waals surface area contributed by atoms with Crippen molar-refractivity contribution >= 4 is 17.6 Å². The summed E-state index contributed by atoms with van der Waals surface area (Å²) in [6.45, 7) is 1.96. The maximum Gasteiger partial charge on any atom is 0.249 e. The van der Waals surface area contributed by atoms with Crippen LogP contribution in [-0.4, -0.2) is 31.9 Å². The van der Waals surface area contributed by atoms with Gasteiger partial charge in [-0.1, -0.05) is 35.9 Å². The van der Waals surface area contributed by atoms with Crippen LogP contribution < -0.4 is 5.32 Å². The zero-order valence-electron chi connectivity index (χ0n) is 13.7. The number of hydrogen-bond acceptors (Lipinski definition) is 5. The van der Waals surface area contributed by atoms with Crippen LogP contribution in [0.15, 0.2) is 48.7 Å². The van der Waals surface area contributed by atoms with Crippen molar-refractivity contribution in [2.75, 3.05) is 5.32 Å². The molecule has 0 saturated carbocycles. The lowest BCUT2D eigenvalue weighted by Crippen LogP contribution is -2.14. The van der Waals surface area contributed by atoms with E-state index in [0.717, 1.165) is 5.56 Å². The predicted molar refractivity (Wildman–Crippen MR) is 93.0 cm³/mol. The van der Waals surface area contributed by atoms with Crippen molar-refractivity contribution in [3.8, 4) is 11.5 Å². The van der Waals surface area contributed by atoms with Gasteiger partial charge in [0.05, 0.1) is 0 Å². The highest BCUT2D eigenvalue weighted by molar-refractivity contribution is 5.99. The molecular formula is C18H17N5O2. The number of anilines is 1. The highest BCUT2D eigenvalue weighted by Gasteiger charge is 2.12. The molecule has 0 saturated heterocycles. The summed E-state index contributed by atoms with van der Waals surface area (Å²) in [6.07, 6.45) is 1.85. The fraction of sp³-hybridized carbons (Fsp3) is 0.167. The number of hydrogen-bond donors (Lipinski definition) is 2. The molecule has 0 fully saturated rings. The van der Waals surface area contributed by atoms with Crippen molar-refractivity contribution in [2.24, 2.45) is 0 Å². The molecule has 0 atom stereocenters. The van der Waals surface area contributed by atoms with Gasteiger partial charge in [0.1, 0.15) is 5.69 Å². The summed E-state index contributed by atoms with van der Waals surface area (Å²) in [4.78, 5) is 32.4. The molecule has 3 rings (SSSR count). The number of aromatic amines is 1. The van der Waals surface area contributed by atoms with Crippen LogP contribution in [0.2, 0.25) is 0 Å². The van der Waals surface area contributed by atoms with Gasteiger partial charge in [-0.25, -0.2) is 0 Å². The molecule has 1 amide bonds. The second-order valence-electron chi connectivity index (χ2n) is 5.56. The predicted octanol–water partition coefficient (Wildman–Crippen LogP) is 2.78. The fourth-order valence-electron chi connectivity index (χ4n) is 2.23. The number of pyridine rings is 1. The minimum Gasteiger partial charge on any atom is -0.294 e. The number of rotatable bonds is 6. The zero-order chi connectivity index (χ0) is 17.6. The number of ketones is 1. The van der Waals surface area contributed by atoms with Crippen molar-refractivity contribution in [2.45, 2.75) is 19.8 Å². The van der Waals surface area contributed by atoms with Crippen molar-refractivity contribution < 1.29 is 9.59 Å². The van der Waals surface area contributed by atoms with Crippen LogP contribution in [0.1, 0.15) is 28.8 Å². The van der Waals surface area contributed by atoms with Gasteiger partial charge in [0.15, 0.2) is 11.6 Å². The first kappa shape index (κ1) is 16.5. The zero-order valence-corrected chi connectivity index (χ0v) is 13.7. The summed E-state index contributed by atoms with van der Waals surface area (Å²) in [5.41, 5.74) is 2.32. The van der Waals surface area contributed by atoms with Gasteiger partial charge < -0.3 is 0 Å². The first-order valence-electron chi connectivity index (χ1n) is 7.85. The topological polar surface area (TPSA) is 101 Å². The Kier molecular flexibility index (Phi) is 4.94. The lowest BCUT2D eigenvalue weighted by atomic mass is 10.1. The molecule has 7 nitrogen and oxygen atoms in total. The summed E-state index contributed by atoms with van der Waals surface area (Å²) < 4.78 is 0. The molecule has 0 aliphatic heterocycles. The molecule has 25 heavy (non-hydrogen) atoms. The summed E-state index contributed by atoms with van der Waals surface area (Å²) in [5, 5.41) is 9.23. The van der Waals surface area contributed by atoms with E-state index in [0.29, 0.717) is 17.1 Å². The SMILES string of the molecule is Cc1ccc(C(=O)CCC(=O)Nc2n[nH]c(-c3ccccn3)n2)cc1. The molecule has 2 N–H and O–H groups in total. The Morgan fingerprint density at radius 1 is 1.08 bits per heavy atom. The van der Waals surface area contributed by atoms with Crippen LogP contribution in [0.4, 0.5) is 5.95 Å². The largest absolute Gasteiger partial charge is 0.294 e. The summed E-state index contributed by atoms with van der Waals surface area (Å²) >= 11 is 0. The van der Waals surface area contributed by atoms with Crippen LogP contribution in [0, 0.1) is 6.92 Å². The molecule has 0 radical (unpaired) electrons. The van der Waals surface area contributed by atoms with Crippen LogP contribution in [-0.2, 0) is 4.79 Å². The van der Waals surface area contributed by atoms with Gasteiger partial charge in [-0.05, 0) is 19.1 Å². The number of aryl methyl sites for hydroxylation is 1. The highest BCUT2D eigenvalue weighted by atomic mass is 16.2. The van der Waals surface area contributed by atoms with Crippen LogP contribution in [0.3, 0.4) is 0 Å². The van der Waals surface area contributed by atoms with Gasteiger partial charge in [-0.15, -0.1) is 5.10 Å². The van der Waals surface area contributed by atoms with E-state index in [4.69, 9.17) is 0 Å². The Morgan fingerprint density at radius 2 is 1.88 bits per heavy atom. The third-order valence-electron chi connectivity index (χ3n) is 3.60. The first-order valence-corrected chi connectivity index (χ1v) is 7.85. The number of nitrogens with one attached hydrogen (secondary N) is 2. The van der Waals surface area contributed by atoms with Crippen LogP contribution in [0.25, 0.3) is 11.5 Å². The van der Waals surface area contributed by atoms with E-state index < -0.39 is 0 Å². The minimum absolute atomic E-state index is 0.0696. The molecule has 0 bridgehead atoms. The first-order chi connectivity index (χ1) is 12.1. The normalized spacial score (nSPS) is 10.4. The van der Waals surface area contributed by atoms with Gasteiger partial charge in [0.25, 0.3) is 0 Å². The van der Waals surface area contributed by atoms with Gasteiger partial charge in [0.2, 0.25) is 11.9 Å². The Hall–Kier alpha value is -3.35. The van der Waals surface area contributed by atoms with E-state index in [1.165, 1.54) is 0 Å². The van der Waals surface area contributed by atoms with Gasteiger partial charge in [-0.2, -0.15) is 4.98 Å². The third kappa shape index (κ3) is 4.35. The number of nitrogens with zero attached hydrogens (tertiary/aromatic N) is 3. The average Bonchev–Trinajstić information content (AvgIpc) is 3.09. The van der Waals surface area contributed by atoms with E-state index >= 15 is 0 Å². The van der Waals surface area contributed by atoms with Crippen molar-refractivity contribution in [1.82, 2.24) is 20.2 Å². The smallest absolute Gasteiger partial charge is 0.249 e. The maximum atomic E-state index is 12.1. The summed E-state index contributed by atoms with van der Waals surface area (Å²) in [6, 6.07) is 12.7. The number of carbonyl (C=O) groups is 2. The van der Waals surface area contributed by atoms with E-state index in [1.54, 1.807) is 30.5 Å². The van der Waals surface area contributed by atoms with Gasteiger partial charge in [-0.3, -0.25) is 25.0 Å². The molecular weight excluding hydrogens is 318 g/mol. The molecule has 0 aliphatic carbocycles. The van der Waals surface area contributed by atoms with Crippen molar-refractivity contribution in [3.63, 3.8) is 0 Å². The molecule has 2 heterocycles. The Morgan fingerprint density at radius 3 is 2.60 bits per heavy atom. The van der Waals surface area contributed by atoms with Crippen molar-refractivity contribution in [3.05, 3.63) is 59.8 Å². The monoisotopic (exact) mass is 335 g/mol. The number of aromatic nitrogens is 4. The number of H-pyrrole nitrogens is 1. The molecule has 0 unspecified atom stereocenters. The molecule has 0 spiro atoms. The molecule has 1 aromatic carbocycles. The number of Topliss-reactive ketones (excluding diaryl/α,β-unsaturated/α-hetero) is 1. The maximum absolute atomic E-state index is 12.1. The summed E-state index contributed by atoms with van der Waals surface area (Å²) in [7, 11) is 0. The molecule has 0 aliphatic rings. The van der Waals surface area contributed by atoms with E-state index in [-0.39, 0.29) is 30.5 Å². The number of amides is 1. The molecule has 3 aromatic rings. The Bertz CT molecular complexity index is 872.